The van der Waals surface area contributed by atoms with Gasteiger partial charge >= 0.3 is 0 Å². The van der Waals surface area contributed by atoms with Gasteiger partial charge in [-0.05, 0) is 32.0 Å². The molecule has 0 saturated carbocycles. The number of carbonyl (C=O) groups excluding carboxylic acids is 1. The Labute approximate surface area is 151 Å². The summed E-state index contributed by atoms with van der Waals surface area (Å²) in [5.41, 5.74) is 2.07. The molecule has 6 heteroatoms. The first-order chi connectivity index (χ1) is 12.5. The van der Waals surface area contributed by atoms with E-state index in [2.05, 4.69) is 20.5 Å². The first kappa shape index (κ1) is 16.3. The lowest BCUT2D eigenvalue weighted by Gasteiger charge is -2.37. The number of aromatic amines is 1. The van der Waals surface area contributed by atoms with E-state index in [-0.39, 0.29) is 17.6 Å². The molecule has 1 aromatic heterocycles. The third kappa shape index (κ3) is 3.18. The quantitative estimate of drug-likeness (QED) is 0.759. The number of fused-ring (bicyclic) bond motifs is 1. The maximum Gasteiger partial charge on any atom is 0.251 e. The molecule has 132 valence electrons. The molecule has 3 aromatic rings. The summed E-state index contributed by atoms with van der Waals surface area (Å²) in [5.74, 6) is 1.34. The molecule has 0 saturated heterocycles. The average molecular weight is 348 g/mol. The molecule has 0 fully saturated rings. The van der Waals surface area contributed by atoms with Crippen molar-refractivity contribution in [1.82, 2.24) is 20.5 Å². The zero-order valence-electron chi connectivity index (χ0n) is 14.7. The Morgan fingerprint density at radius 1 is 1.23 bits per heavy atom. The molecule has 1 aliphatic heterocycles. The lowest BCUT2D eigenvalue weighted by Crippen LogP contribution is -2.41. The third-order valence-corrected chi connectivity index (χ3v) is 4.49. The number of nitrogens with one attached hydrogen (secondary N) is 2. The third-order valence-electron chi connectivity index (χ3n) is 4.49. The van der Waals surface area contributed by atoms with Gasteiger partial charge in [0.05, 0.1) is 6.04 Å². The van der Waals surface area contributed by atoms with Gasteiger partial charge in [0.25, 0.3) is 5.91 Å². The molecule has 2 heterocycles. The van der Waals surface area contributed by atoms with Crippen molar-refractivity contribution in [2.75, 3.05) is 0 Å². The Morgan fingerprint density at radius 2 is 2.08 bits per heavy atom. The van der Waals surface area contributed by atoms with E-state index in [0.717, 1.165) is 16.9 Å². The zero-order valence-corrected chi connectivity index (χ0v) is 14.7. The fourth-order valence-corrected chi connectivity index (χ4v) is 3.32. The SMILES string of the molecule is CC1(C)CC(NC(=O)c2cccc(-c3ncn[nH]3)c2)c2ccccc2O1. The highest BCUT2D eigenvalue weighted by atomic mass is 16.5. The second-order valence-corrected chi connectivity index (χ2v) is 7.04. The summed E-state index contributed by atoms with van der Waals surface area (Å²) >= 11 is 0. The van der Waals surface area contributed by atoms with E-state index >= 15 is 0 Å². The lowest BCUT2D eigenvalue weighted by atomic mass is 9.89. The number of rotatable bonds is 3. The zero-order chi connectivity index (χ0) is 18.1. The molecule has 0 spiro atoms. The molecule has 0 radical (unpaired) electrons. The van der Waals surface area contributed by atoms with Crippen LogP contribution in [0, 0.1) is 0 Å². The number of benzene rings is 2. The molecule has 2 N–H and O–H groups in total. The van der Waals surface area contributed by atoms with Crippen molar-refractivity contribution in [2.24, 2.45) is 0 Å². The number of amides is 1. The van der Waals surface area contributed by atoms with Gasteiger partial charge in [0.15, 0.2) is 5.82 Å². The number of carbonyl (C=O) groups is 1. The highest BCUT2D eigenvalue weighted by molar-refractivity contribution is 5.95. The topological polar surface area (TPSA) is 79.9 Å². The molecule has 0 bridgehead atoms. The largest absolute Gasteiger partial charge is 0.487 e. The number of hydrogen-bond acceptors (Lipinski definition) is 4. The number of ether oxygens (including phenoxy) is 1. The van der Waals surface area contributed by atoms with Crippen LogP contribution in [0.5, 0.6) is 5.75 Å². The Hall–Kier alpha value is -3.15. The number of para-hydroxylation sites is 1. The normalized spacial score (nSPS) is 17.8. The molecule has 1 amide bonds. The molecule has 6 nitrogen and oxygen atoms in total. The molecule has 0 aliphatic carbocycles. The first-order valence-electron chi connectivity index (χ1n) is 8.56. The van der Waals surface area contributed by atoms with Crippen molar-refractivity contribution in [2.45, 2.75) is 31.9 Å². The van der Waals surface area contributed by atoms with E-state index in [9.17, 15) is 4.79 Å². The van der Waals surface area contributed by atoms with Gasteiger partial charge in [0, 0.05) is 23.1 Å². The van der Waals surface area contributed by atoms with Crippen LogP contribution in [0.4, 0.5) is 0 Å². The van der Waals surface area contributed by atoms with Crippen molar-refractivity contribution in [3.8, 4) is 17.1 Å². The second-order valence-electron chi connectivity index (χ2n) is 7.04. The molecule has 4 rings (SSSR count). The van der Waals surface area contributed by atoms with Crippen molar-refractivity contribution in [1.29, 1.82) is 0 Å². The lowest BCUT2D eigenvalue weighted by molar-refractivity contribution is 0.0620. The highest BCUT2D eigenvalue weighted by Crippen LogP contribution is 2.39. The number of hydrogen-bond donors (Lipinski definition) is 2. The van der Waals surface area contributed by atoms with Crippen molar-refractivity contribution in [3.63, 3.8) is 0 Å². The molecule has 1 atom stereocenters. The van der Waals surface area contributed by atoms with Crippen LogP contribution in [0.1, 0.15) is 42.2 Å². The molecular weight excluding hydrogens is 328 g/mol. The summed E-state index contributed by atoms with van der Waals surface area (Å²) < 4.78 is 6.03. The van der Waals surface area contributed by atoms with E-state index in [0.29, 0.717) is 17.8 Å². The molecule has 1 unspecified atom stereocenters. The average Bonchev–Trinajstić information content (AvgIpc) is 3.15. The van der Waals surface area contributed by atoms with Gasteiger partial charge in [-0.25, -0.2) is 4.98 Å². The van der Waals surface area contributed by atoms with Crippen LogP contribution in [-0.4, -0.2) is 26.7 Å². The maximum atomic E-state index is 12.9. The summed E-state index contributed by atoms with van der Waals surface area (Å²) in [6.45, 7) is 4.07. The van der Waals surface area contributed by atoms with Crippen LogP contribution < -0.4 is 10.1 Å². The number of aromatic nitrogens is 3. The van der Waals surface area contributed by atoms with E-state index in [4.69, 9.17) is 4.74 Å². The Kier molecular flexibility index (Phi) is 3.95. The van der Waals surface area contributed by atoms with Crippen LogP contribution in [0.2, 0.25) is 0 Å². The summed E-state index contributed by atoms with van der Waals surface area (Å²) in [4.78, 5) is 17.0. The van der Waals surface area contributed by atoms with Gasteiger partial charge in [0.1, 0.15) is 17.7 Å². The van der Waals surface area contributed by atoms with Gasteiger partial charge in [-0.15, -0.1) is 0 Å². The Bertz CT molecular complexity index is 934. The highest BCUT2D eigenvalue weighted by Gasteiger charge is 2.34. The fourth-order valence-electron chi connectivity index (χ4n) is 3.32. The van der Waals surface area contributed by atoms with Crippen LogP contribution in [0.3, 0.4) is 0 Å². The van der Waals surface area contributed by atoms with Gasteiger partial charge in [0.2, 0.25) is 0 Å². The standard InChI is InChI=1S/C20H20N4O2/c1-20(2)11-16(15-8-3-4-9-17(15)26-20)23-19(25)14-7-5-6-13(10-14)18-21-12-22-24-18/h3-10,12,16H,11H2,1-2H3,(H,23,25)(H,21,22,24). The monoisotopic (exact) mass is 348 g/mol. The maximum absolute atomic E-state index is 12.9. The van der Waals surface area contributed by atoms with Crippen molar-refractivity contribution >= 4 is 5.91 Å². The molecule has 26 heavy (non-hydrogen) atoms. The smallest absolute Gasteiger partial charge is 0.251 e. The van der Waals surface area contributed by atoms with Gasteiger partial charge in [-0.2, -0.15) is 5.10 Å². The van der Waals surface area contributed by atoms with Crippen molar-refractivity contribution < 1.29 is 9.53 Å². The molecular formula is C20H20N4O2. The predicted octanol–water partition coefficient (Wildman–Crippen LogP) is 3.50. The second kappa shape index (κ2) is 6.29. The van der Waals surface area contributed by atoms with Gasteiger partial charge in [-0.1, -0.05) is 30.3 Å². The van der Waals surface area contributed by atoms with Crippen LogP contribution in [-0.2, 0) is 0 Å². The van der Waals surface area contributed by atoms with Crippen LogP contribution >= 0.6 is 0 Å². The van der Waals surface area contributed by atoms with Gasteiger partial charge in [-0.3, -0.25) is 9.89 Å². The predicted molar refractivity (Wildman–Crippen MR) is 97.8 cm³/mol. The minimum Gasteiger partial charge on any atom is -0.487 e. The summed E-state index contributed by atoms with van der Waals surface area (Å²) in [7, 11) is 0. The molecule has 2 aromatic carbocycles. The van der Waals surface area contributed by atoms with E-state index in [1.54, 1.807) is 6.07 Å². The number of nitrogens with zero attached hydrogens (tertiary/aromatic N) is 2. The number of H-pyrrole nitrogens is 1. The Morgan fingerprint density at radius 3 is 2.88 bits per heavy atom. The van der Waals surface area contributed by atoms with Crippen LogP contribution in [0.25, 0.3) is 11.4 Å². The summed E-state index contributed by atoms with van der Waals surface area (Å²) in [6, 6.07) is 15.1. The van der Waals surface area contributed by atoms with E-state index in [1.807, 2.05) is 56.3 Å². The van der Waals surface area contributed by atoms with E-state index in [1.165, 1.54) is 6.33 Å². The Balaban J connectivity index is 1.60. The van der Waals surface area contributed by atoms with Crippen LogP contribution in [0.15, 0.2) is 54.9 Å². The summed E-state index contributed by atoms with van der Waals surface area (Å²) in [5, 5.41) is 9.83. The first-order valence-corrected chi connectivity index (χ1v) is 8.56. The summed E-state index contributed by atoms with van der Waals surface area (Å²) in [6.07, 6.45) is 2.15. The van der Waals surface area contributed by atoms with Crippen molar-refractivity contribution in [3.05, 3.63) is 66.0 Å². The minimum absolute atomic E-state index is 0.101. The van der Waals surface area contributed by atoms with E-state index < -0.39 is 0 Å². The fraction of sp³-hybridized carbons (Fsp3) is 0.250. The molecule has 1 aliphatic rings. The van der Waals surface area contributed by atoms with Gasteiger partial charge < -0.3 is 10.1 Å². The minimum atomic E-state index is -0.339.